The Balaban J connectivity index is 2.07. The average Bonchev–Trinajstić information content (AvgIpc) is 2.91. The number of hydrogen-bond donors (Lipinski definition) is 1. The third kappa shape index (κ3) is 2.97. The number of halogens is 1. The molecular weight excluding hydrogens is 357 g/mol. The van der Waals surface area contributed by atoms with Gasteiger partial charge in [0.2, 0.25) is 0 Å². The minimum atomic E-state index is -0.339. The Hall–Kier alpha value is -3.41. The first-order valence-electron chi connectivity index (χ1n) is 9.05. The van der Waals surface area contributed by atoms with Crippen molar-refractivity contribution in [2.24, 2.45) is 0 Å². The highest BCUT2D eigenvalue weighted by molar-refractivity contribution is 6.21. The number of nitrogens with one attached hydrogen (secondary N) is 1. The van der Waals surface area contributed by atoms with Gasteiger partial charge < -0.3 is 14.8 Å². The highest BCUT2D eigenvalue weighted by atomic mass is 19.1. The molecule has 0 saturated heterocycles. The third-order valence-electron chi connectivity index (χ3n) is 4.84. The fraction of sp³-hybridized carbons (Fsp3) is 0.182. The van der Waals surface area contributed by atoms with Crippen molar-refractivity contribution in [2.45, 2.75) is 6.54 Å². The molecule has 0 unspecified atom stereocenters. The van der Waals surface area contributed by atoms with Crippen LogP contribution in [-0.4, -0.2) is 41.8 Å². The Morgan fingerprint density at radius 1 is 1.18 bits per heavy atom. The summed E-state index contributed by atoms with van der Waals surface area (Å²) in [6.45, 7) is 0.975. The quantitative estimate of drug-likeness (QED) is 0.560. The molecule has 1 aromatic heterocycles. The van der Waals surface area contributed by atoms with Gasteiger partial charge in [-0.3, -0.25) is 9.59 Å². The summed E-state index contributed by atoms with van der Waals surface area (Å²) in [4.78, 5) is 27.4. The molecule has 28 heavy (non-hydrogen) atoms. The number of para-hydroxylation sites is 1. The van der Waals surface area contributed by atoms with Crippen molar-refractivity contribution in [1.82, 2.24) is 14.8 Å². The fourth-order valence-corrected chi connectivity index (χ4v) is 3.65. The molecule has 1 N–H and O–H groups in total. The lowest BCUT2D eigenvalue weighted by atomic mass is 10.00. The van der Waals surface area contributed by atoms with E-state index in [4.69, 9.17) is 0 Å². The molecular formula is C22H20FN3O2. The number of amides is 1. The van der Waals surface area contributed by atoms with Gasteiger partial charge in [0.05, 0.1) is 22.3 Å². The van der Waals surface area contributed by atoms with Crippen molar-refractivity contribution >= 4 is 22.6 Å². The van der Waals surface area contributed by atoms with E-state index in [-0.39, 0.29) is 17.5 Å². The predicted octanol–water partition coefficient (Wildman–Crippen LogP) is 3.45. The Morgan fingerprint density at radius 2 is 1.93 bits per heavy atom. The molecule has 1 aliphatic heterocycles. The van der Waals surface area contributed by atoms with Gasteiger partial charge in [-0.2, -0.15) is 0 Å². The molecule has 0 bridgehead atoms. The van der Waals surface area contributed by atoms with Gasteiger partial charge in [0.1, 0.15) is 5.82 Å². The number of ketones is 1. The van der Waals surface area contributed by atoms with Crippen LogP contribution in [0.4, 0.5) is 4.39 Å². The van der Waals surface area contributed by atoms with E-state index in [0.29, 0.717) is 29.9 Å². The molecule has 5 nitrogen and oxygen atoms in total. The van der Waals surface area contributed by atoms with Crippen LogP contribution in [0, 0.1) is 5.82 Å². The lowest BCUT2D eigenvalue weighted by Gasteiger charge is -2.11. The zero-order valence-electron chi connectivity index (χ0n) is 15.7. The second kappa shape index (κ2) is 6.96. The van der Waals surface area contributed by atoms with Crippen molar-refractivity contribution in [2.75, 3.05) is 20.6 Å². The minimum absolute atomic E-state index is 0.157. The first-order valence-corrected chi connectivity index (χ1v) is 9.05. The van der Waals surface area contributed by atoms with Crippen molar-refractivity contribution in [3.05, 3.63) is 71.7 Å². The van der Waals surface area contributed by atoms with Crippen molar-refractivity contribution < 1.29 is 14.0 Å². The van der Waals surface area contributed by atoms with Gasteiger partial charge in [0, 0.05) is 44.8 Å². The van der Waals surface area contributed by atoms with E-state index in [1.807, 2.05) is 24.7 Å². The molecule has 6 heteroatoms. The molecule has 3 aromatic rings. The van der Waals surface area contributed by atoms with Gasteiger partial charge in [-0.25, -0.2) is 4.39 Å². The zero-order chi connectivity index (χ0) is 19.8. The Morgan fingerprint density at radius 3 is 2.64 bits per heavy atom. The summed E-state index contributed by atoms with van der Waals surface area (Å²) in [5.41, 5.74) is 3.23. The third-order valence-corrected chi connectivity index (χ3v) is 4.84. The Labute approximate surface area is 162 Å². The first-order chi connectivity index (χ1) is 13.5. The standard InChI is InChI=1S/C22H20FN3O2/c1-25(2)12-10-18(27)19-16-4-3-5-17-21(16)26(13-11-24-22(17)28)20(19)14-6-8-15(23)9-7-14/h3-10,12H,11,13H2,1-2H3,(H,24,28)/b12-10+. The summed E-state index contributed by atoms with van der Waals surface area (Å²) in [5.74, 6) is -0.654. The summed E-state index contributed by atoms with van der Waals surface area (Å²) in [6.07, 6.45) is 3.22. The van der Waals surface area contributed by atoms with E-state index in [0.717, 1.165) is 16.5 Å². The van der Waals surface area contributed by atoms with E-state index < -0.39 is 0 Å². The van der Waals surface area contributed by atoms with E-state index >= 15 is 0 Å². The van der Waals surface area contributed by atoms with Crippen LogP contribution >= 0.6 is 0 Å². The second-order valence-electron chi connectivity index (χ2n) is 6.98. The van der Waals surface area contributed by atoms with Gasteiger partial charge >= 0.3 is 0 Å². The summed E-state index contributed by atoms with van der Waals surface area (Å²) < 4.78 is 15.5. The minimum Gasteiger partial charge on any atom is -0.383 e. The van der Waals surface area contributed by atoms with Crippen LogP contribution < -0.4 is 5.32 Å². The molecule has 142 valence electrons. The Bertz CT molecular complexity index is 1110. The van der Waals surface area contributed by atoms with Gasteiger partial charge in [-0.05, 0) is 35.9 Å². The zero-order valence-corrected chi connectivity index (χ0v) is 15.7. The van der Waals surface area contributed by atoms with Gasteiger partial charge in [0.15, 0.2) is 5.78 Å². The Kier molecular flexibility index (Phi) is 4.47. The summed E-state index contributed by atoms with van der Waals surface area (Å²) in [5, 5.41) is 3.61. The maximum Gasteiger partial charge on any atom is 0.253 e. The van der Waals surface area contributed by atoms with Crippen LogP contribution in [0.2, 0.25) is 0 Å². The number of rotatable bonds is 4. The van der Waals surface area contributed by atoms with Crippen LogP contribution in [0.3, 0.4) is 0 Å². The molecule has 1 amide bonds. The normalized spacial score (nSPS) is 13.6. The number of carbonyl (C=O) groups excluding carboxylic acids is 2. The maximum absolute atomic E-state index is 13.5. The number of aromatic nitrogens is 1. The fourth-order valence-electron chi connectivity index (χ4n) is 3.65. The lowest BCUT2D eigenvalue weighted by molar-refractivity contribution is 0.0955. The van der Waals surface area contributed by atoms with E-state index in [9.17, 15) is 14.0 Å². The van der Waals surface area contributed by atoms with Crippen molar-refractivity contribution in [3.63, 3.8) is 0 Å². The molecule has 2 aromatic carbocycles. The molecule has 1 aliphatic rings. The summed E-state index contributed by atoms with van der Waals surface area (Å²) in [6, 6.07) is 11.5. The van der Waals surface area contributed by atoms with Crippen LogP contribution in [0.5, 0.6) is 0 Å². The molecule has 0 atom stereocenters. The molecule has 2 heterocycles. The van der Waals surface area contributed by atoms with Gasteiger partial charge in [-0.15, -0.1) is 0 Å². The smallest absolute Gasteiger partial charge is 0.253 e. The van der Waals surface area contributed by atoms with Crippen LogP contribution in [0.15, 0.2) is 54.7 Å². The average molecular weight is 377 g/mol. The monoisotopic (exact) mass is 377 g/mol. The maximum atomic E-state index is 13.5. The van der Waals surface area contributed by atoms with Gasteiger partial charge in [0.25, 0.3) is 5.91 Å². The highest BCUT2D eigenvalue weighted by Crippen LogP contribution is 2.37. The predicted molar refractivity (Wildman–Crippen MR) is 107 cm³/mol. The SMILES string of the molecule is CN(C)/C=C/C(=O)c1c(-c2ccc(F)cc2)n2c3c(cccc13)C(=O)NCC2. The lowest BCUT2D eigenvalue weighted by Crippen LogP contribution is -2.24. The number of nitrogens with zero attached hydrogens (tertiary/aromatic N) is 2. The summed E-state index contributed by atoms with van der Waals surface area (Å²) in [7, 11) is 3.68. The molecule has 0 spiro atoms. The summed E-state index contributed by atoms with van der Waals surface area (Å²) >= 11 is 0. The molecule has 0 aliphatic carbocycles. The number of allylic oxidation sites excluding steroid dienone is 1. The van der Waals surface area contributed by atoms with E-state index in [2.05, 4.69) is 5.32 Å². The number of carbonyl (C=O) groups is 2. The molecule has 0 radical (unpaired) electrons. The van der Waals surface area contributed by atoms with Crippen LogP contribution in [-0.2, 0) is 6.54 Å². The largest absolute Gasteiger partial charge is 0.383 e. The second-order valence-corrected chi connectivity index (χ2v) is 6.98. The number of benzene rings is 2. The molecule has 0 fully saturated rings. The van der Waals surface area contributed by atoms with E-state index in [1.165, 1.54) is 18.2 Å². The van der Waals surface area contributed by atoms with Crippen molar-refractivity contribution in [3.8, 4) is 11.3 Å². The number of hydrogen-bond acceptors (Lipinski definition) is 3. The topological polar surface area (TPSA) is 54.3 Å². The van der Waals surface area contributed by atoms with Gasteiger partial charge in [-0.1, -0.05) is 12.1 Å². The van der Waals surface area contributed by atoms with Crippen LogP contribution in [0.1, 0.15) is 20.7 Å². The molecule has 0 saturated carbocycles. The molecule has 4 rings (SSSR count). The first kappa shape index (κ1) is 18.0. The van der Waals surface area contributed by atoms with Crippen molar-refractivity contribution in [1.29, 1.82) is 0 Å². The van der Waals surface area contributed by atoms with E-state index in [1.54, 1.807) is 35.4 Å². The van der Waals surface area contributed by atoms with Crippen LogP contribution in [0.25, 0.3) is 22.2 Å². The highest BCUT2D eigenvalue weighted by Gasteiger charge is 2.27.